The van der Waals surface area contributed by atoms with Crippen molar-refractivity contribution in [3.8, 4) is 24.7 Å². The second-order valence-electron chi connectivity index (χ2n) is 8.81. The topological polar surface area (TPSA) is 12.0 Å². The highest BCUT2D eigenvalue weighted by molar-refractivity contribution is 7.99. The number of benzene rings is 2. The molecular weight excluding hydrogens is 334 g/mol. The van der Waals surface area contributed by atoms with Crippen LogP contribution in [-0.4, -0.2) is 0 Å². The Morgan fingerprint density at radius 1 is 0.731 bits per heavy atom. The third-order valence-electron chi connectivity index (χ3n) is 4.72. The molecule has 0 saturated heterocycles. The van der Waals surface area contributed by atoms with Gasteiger partial charge in [0, 0.05) is 20.9 Å². The van der Waals surface area contributed by atoms with E-state index in [9.17, 15) is 0 Å². The van der Waals surface area contributed by atoms with Crippen LogP contribution in [0.3, 0.4) is 0 Å². The summed E-state index contributed by atoms with van der Waals surface area (Å²) in [7, 11) is 0. The molecule has 2 aromatic carbocycles. The van der Waals surface area contributed by atoms with Gasteiger partial charge in [-0.05, 0) is 46.2 Å². The molecule has 1 N–H and O–H groups in total. The molecule has 0 spiro atoms. The van der Waals surface area contributed by atoms with E-state index in [4.69, 9.17) is 12.8 Å². The Kier molecular flexibility index (Phi) is 4.38. The second kappa shape index (κ2) is 6.15. The van der Waals surface area contributed by atoms with Crippen LogP contribution in [0, 0.1) is 24.7 Å². The third-order valence-corrected chi connectivity index (χ3v) is 5.80. The summed E-state index contributed by atoms with van der Waals surface area (Å²) in [6, 6.07) is 8.71. The quantitative estimate of drug-likeness (QED) is 0.463. The zero-order valence-electron chi connectivity index (χ0n) is 16.4. The van der Waals surface area contributed by atoms with E-state index in [0.717, 1.165) is 32.3 Å². The van der Waals surface area contributed by atoms with Gasteiger partial charge in [0.25, 0.3) is 0 Å². The Bertz CT molecular complexity index is 890. The fourth-order valence-corrected chi connectivity index (χ4v) is 4.12. The van der Waals surface area contributed by atoms with Gasteiger partial charge in [-0.3, -0.25) is 0 Å². The molecule has 0 unspecified atom stereocenters. The minimum Gasteiger partial charge on any atom is -0.352 e. The van der Waals surface area contributed by atoms with Gasteiger partial charge < -0.3 is 5.32 Å². The van der Waals surface area contributed by atoms with E-state index in [2.05, 4.69) is 83.0 Å². The Morgan fingerprint density at radius 2 is 1.12 bits per heavy atom. The van der Waals surface area contributed by atoms with Crippen LogP contribution in [0.4, 0.5) is 11.4 Å². The molecule has 0 aromatic heterocycles. The number of fused-ring (bicyclic) bond motifs is 2. The van der Waals surface area contributed by atoms with E-state index < -0.39 is 0 Å². The maximum absolute atomic E-state index is 5.82. The van der Waals surface area contributed by atoms with Crippen molar-refractivity contribution in [3.63, 3.8) is 0 Å². The summed E-state index contributed by atoms with van der Waals surface area (Å²) >= 11 is 1.75. The standard InChI is InChI=1S/C24H25NS/c1-9-15-11-17(23(3,4)5)13-19-21(15)25-22-16(10-2)12-18(24(6,7)8)14-20(22)26-19/h1-2,11-14,25H,3-8H3. The van der Waals surface area contributed by atoms with E-state index in [1.54, 1.807) is 11.8 Å². The van der Waals surface area contributed by atoms with Gasteiger partial charge in [0.2, 0.25) is 0 Å². The van der Waals surface area contributed by atoms with Gasteiger partial charge in [-0.1, -0.05) is 65.1 Å². The highest BCUT2D eigenvalue weighted by Gasteiger charge is 2.26. The normalized spacial score (nSPS) is 13.1. The molecule has 0 radical (unpaired) electrons. The first-order valence-corrected chi connectivity index (χ1v) is 9.61. The van der Waals surface area contributed by atoms with E-state index in [-0.39, 0.29) is 10.8 Å². The molecule has 2 aromatic rings. The molecule has 1 nitrogen and oxygen atoms in total. The molecule has 0 saturated carbocycles. The molecule has 1 aliphatic rings. The lowest BCUT2D eigenvalue weighted by atomic mass is 9.85. The number of nitrogens with one attached hydrogen (secondary N) is 1. The molecule has 3 rings (SSSR count). The molecule has 132 valence electrons. The van der Waals surface area contributed by atoms with Crippen LogP contribution in [0.2, 0.25) is 0 Å². The van der Waals surface area contributed by atoms with Crippen LogP contribution in [0.1, 0.15) is 63.8 Å². The number of anilines is 2. The molecule has 0 atom stereocenters. The maximum Gasteiger partial charge on any atom is 0.0685 e. The summed E-state index contributed by atoms with van der Waals surface area (Å²) in [6.45, 7) is 13.2. The van der Waals surface area contributed by atoms with Crippen molar-refractivity contribution in [2.45, 2.75) is 62.2 Å². The molecular formula is C24H25NS. The van der Waals surface area contributed by atoms with Crippen LogP contribution in [0.15, 0.2) is 34.1 Å². The summed E-state index contributed by atoms with van der Waals surface area (Å²) in [5, 5.41) is 3.53. The zero-order valence-corrected chi connectivity index (χ0v) is 17.2. The van der Waals surface area contributed by atoms with Crippen LogP contribution in [0.5, 0.6) is 0 Å². The van der Waals surface area contributed by atoms with E-state index in [1.165, 1.54) is 11.1 Å². The smallest absolute Gasteiger partial charge is 0.0685 e. The summed E-state index contributed by atoms with van der Waals surface area (Å²) < 4.78 is 0. The monoisotopic (exact) mass is 359 g/mol. The van der Waals surface area contributed by atoms with Gasteiger partial charge in [0.15, 0.2) is 0 Å². The van der Waals surface area contributed by atoms with Gasteiger partial charge in [0.05, 0.1) is 11.4 Å². The van der Waals surface area contributed by atoms with Crippen LogP contribution < -0.4 is 5.32 Å². The zero-order chi connectivity index (χ0) is 19.3. The lowest BCUT2D eigenvalue weighted by molar-refractivity contribution is 0.588. The first-order valence-electron chi connectivity index (χ1n) is 8.79. The summed E-state index contributed by atoms with van der Waals surface area (Å²) in [6.07, 6.45) is 11.6. The number of hydrogen-bond donors (Lipinski definition) is 1. The van der Waals surface area contributed by atoms with E-state index in [0.29, 0.717) is 0 Å². The third kappa shape index (κ3) is 3.23. The van der Waals surface area contributed by atoms with E-state index in [1.807, 2.05) is 0 Å². The van der Waals surface area contributed by atoms with Gasteiger partial charge in [0.1, 0.15) is 0 Å². The van der Waals surface area contributed by atoms with Crippen molar-refractivity contribution in [1.29, 1.82) is 0 Å². The largest absolute Gasteiger partial charge is 0.352 e. The van der Waals surface area contributed by atoms with Crippen molar-refractivity contribution in [1.82, 2.24) is 0 Å². The predicted molar refractivity (Wildman–Crippen MR) is 114 cm³/mol. The fourth-order valence-electron chi connectivity index (χ4n) is 2.99. The van der Waals surface area contributed by atoms with Gasteiger partial charge >= 0.3 is 0 Å². The lowest BCUT2D eigenvalue weighted by Gasteiger charge is -2.29. The summed E-state index contributed by atoms with van der Waals surface area (Å²) in [5.74, 6) is 5.69. The van der Waals surface area contributed by atoms with Gasteiger partial charge in [-0.2, -0.15) is 0 Å². The molecule has 1 heterocycles. The molecule has 2 heteroatoms. The van der Waals surface area contributed by atoms with Crippen LogP contribution in [0.25, 0.3) is 0 Å². The molecule has 26 heavy (non-hydrogen) atoms. The van der Waals surface area contributed by atoms with Crippen molar-refractivity contribution < 1.29 is 0 Å². The Balaban J connectivity index is 2.20. The molecule has 0 bridgehead atoms. The van der Waals surface area contributed by atoms with Crippen LogP contribution in [-0.2, 0) is 10.8 Å². The lowest BCUT2D eigenvalue weighted by Crippen LogP contribution is -2.15. The first-order chi connectivity index (χ1) is 12.0. The van der Waals surface area contributed by atoms with Crippen molar-refractivity contribution >= 4 is 23.1 Å². The fraction of sp³-hybridized carbons (Fsp3) is 0.333. The summed E-state index contributed by atoms with van der Waals surface area (Å²) in [4.78, 5) is 2.32. The predicted octanol–water partition coefficient (Wildman–Crippen LogP) is 6.45. The van der Waals surface area contributed by atoms with Gasteiger partial charge in [-0.15, -0.1) is 12.8 Å². The molecule has 0 amide bonds. The Morgan fingerprint density at radius 3 is 1.42 bits per heavy atom. The SMILES string of the molecule is C#Cc1cc(C(C)(C)C)cc2c1Nc1c(C#C)cc(C(C)(C)C)cc1S2. The van der Waals surface area contributed by atoms with E-state index >= 15 is 0 Å². The Labute approximate surface area is 162 Å². The van der Waals surface area contributed by atoms with Crippen LogP contribution >= 0.6 is 11.8 Å². The molecule has 0 aliphatic carbocycles. The van der Waals surface area contributed by atoms with Crippen molar-refractivity contribution in [2.24, 2.45) is 0 Å². The molecule has 1 aliphatic heterocycles. The summed E-state index contributed by atoms with van der Waals surface area (Å²) in [5.41, 5.74) is 6.30. The highest BCUT2D eigenvalue weighted by Crippen LogP contribution is 2.49. The first kappa shape index (κ1) is 18.5. The average Bonchev–Trinajstić information content (AvgIpc) is 2.56. The van der Waals surface area contributed by atoms with Crippen molar-refractivity contribution in [3.05, 3.63) is 46.5 Å². The minimum absolute atomic E-state index is 0.0404. The second-order valence-corrected chi connectivity index (χ2v) is 9.89. The van der Waals surface area contributed by atoms with Gasteiger partial charge in [-0.25, -0.2) is 0 Å². The number of terminal acetylenes is 2. The minimum atomic E-state index is 0.0404. The molecule has 0 fully saturated rings. The number of rotatable bonds is 0. The average molecular weight is 360 g/mol. The Hall–Kier alpha value is -2.29. The number of hydrogen-bond acceptors (Lipinski definition) is 2. The van der Waals surface area contributed by atoms with Crippen molar-refractivity contribution in [2.75, 3.05) is 5.32 Å². The highest BCUT2D eigenvalue weighted by atomic mass is 32.2. The maximum atomic E-state index is 5.82.